The molecule has 0 radical (unpaired) electrons. The van der Waals surface area contributed by atoms with Crippen LogP contribution < -0.4 is 10.1 Å². The molecule has 2 aromatic rings. The van der Waals surface area contributed by atoms with Crippen LogP contribution in [0.1, 0.15) is 38.8 Å². The van der Waals surface area contributed by atoms with Crippen molar-refractivity contribution in [3.63, 3.8) is 0 Å². The summed E-state index contributed by atoms with van der Waals surface area (Å²) in [5.41, 5.74) is 1.74. The number of amides is 1. The number of aliphatic hydroxyl groups excluding tert-OH is 1. The third-order valence-corrected chi connectivity index (χ3v) is 3.71. The molecule has 5 heteroatoms. The Morgan fingerprint density at radius 1 is 1.23 bits per heavy atom. The molecule has 0 saturated carbocycles. The number of carbonyl (C=O) groups is 2. The van der Waals surface area contributed by atoms with Crippen molar-refractivity contribution in [1.29, 1.82) is 0 Å². The summed E-state index contributed by atoms with van der Waals surface area (Å²) in [6, 6.07) is 11.9. The van der Waals surface area contributed by atoms with Crippen LogP contribution in [0, 0.1) is 0 Å². The molecule has 112 valence electrons. The van der Waals surface area contributed by atoms with Crippen LogP contribution in [0.4, 0.5) is 5.69 Å². The van der Waals surface area contributed by atoms with E-state index in [0.717, 1.165) is 0 Å². The smallest absolute Gasteiger partial charge is 0.259 e. The topological polar surface area (TPSA) is 75.6 Å². The normalized spacial score (nSPS) is 16.3. The number of fused-ring (bicyclic) bond motifs is 1. The van der Waals surface area contributed by atoms with Gasteiger partial charge in [-0.25, -0.2) is 0 Å². The van der Waals surface area contributed by atoms with Gasteiger partial charge in [-0.3, -0.25) is 9.59 Å². The molecule has 1 aliphatic rings. The molecule has 2 aromatic carbocycles. The number of ether oxygens (including phenoxy) is 1. The summed E-state index contributed by atoms with van der Waals surface area (Å²) in [7, 11) is 1.49. The first-order chi connectivity index (χ1) is 10.6. The predicted molar refractivity (Wildman–Crippen MR) is 81.3 cm³/mol. The predicted octanol–water partition coefficient (Wildman–Crippen LogP) is 2.57. The SMILES string of the molecule is COc1ccccc1C(=O)Nc1cccc2c1C(=O)CC2O. The molecule has 0 fully saturated rings. The Morgan fingerprint density at radius 3 is 2.77 bits per heavy atom. The lowest BCUT2D eigenvalue weighted by molar-refractivity contribution is 0.0930. The fraction of sp³-hybridized carbons (Fsp3) is 0.176. The van der Waals surface area contributed by atoms with Crippen molar-refractivity contribution in [2.75, 3.05) is 12.4 Å². The molecule has 0 aromatic heterocycles. The summed E-state index contributed by atoms with van der Waals surface area (Å²) < 4.78 is 5.17. The monoisotopic (exact) mass is 297 g/mol. The minimum atomic E-state index is -0.800. The maximum absolute atomic E-state index is 12.4. The molecular formula is C17H15NO4. The van der Waals surface area contributed by atoms with Crippen LogP contribution >= 0.6 is 0 Å². The fourth-order valence-electron chi connectivity index (χ4n) is 2.67. The van der Waals surface area contributed by atoms with Crippen molar-refractivity contribution in [1.82, 2.24) is 0 Å². The Balaban J connectivity index is 1.95. The highest BCUT2D eigenvalue weighted by atomic mass is 16.5. The Morgan fingerprint density at radius 2 is 2.00 bits per heavy atom. The first-order valence-electron chi connectivity index (χ1n) is 6.90. The first-order valence-corrected chi connectivity index (χ1v) is 6.90. The van der Waals surface area contributed by atoms with Crippen molar-refractivity contribution in [3.8, 4) is 5.75 Å². The lowest BCUT2D eigenvalue weighted by atomic mass is 10.1. The van der Waals surface area contributed by atoms with Gasteiger partial charge >= 0.3 is 0 Å². The Hall–Kier alpha value is -2.66. The van der Waals surface area contributed by atoms with Gasteiger partial charge in [0.05, 0.1) is 24.5 Å². The minimum absolute atomic E-state index is 0.0525. The van der Waals surface area contributed by atoms with Gasteiger partial charge in [0.25, 0.3) is 5.91 Å². The van der Waals surface area contributed by atoms with E-state index in [-0.39, 0.29) is 18.1 Å². The third-order valence-electron chi connectivity index (χ3n) is 3.71. The van der Waals surface area contributed by atoms with E-state index in [9.17, 15) is 14.7 Å². The van der Waals surface area contributed by atoms with Crippen molar-refractivity contribution in [2.45, 2.75) is 12.5 Å². The zero-order chi connectivity index (χ0) is 15.7. The second-order valence-corrected chi connectivity index (χ2v) is 5.07. The summed E-state index contributed by atoms with van der Waals surface area (Å²) in [6.45, 7) is 0. The quantitative estimate of drug-likeness (QED) is 0.913. The van der Waals surface area contributed by atoms with Crippen LogP contribution in [0.5, 0.6) is 5.75 Å². The Kier molecular flexibility index (Phi) is 3.65. The molecule has 3 rings (SSSR count). The second kappa shape index (κ2) is 5.61. The van der Waals surface area contributed by atoms with Gasteiger partial charge in [0.2, 0.25) is 0 Å². The number of rotatable bonds is 3. The molecule has 0 saturated heterocycles. The minimum Gasteiger partial charge on any atom is -0.496 e. The highest BCUT2D eigenvalue weighted by Crippen LogP contribution is 2.35. The second-order valence-electron chi connectivity index (χ2n) is 5.07. The van der Waals surface area contributed by atoms with Crippen molar-refractivity contribution < 1.29 is 19.4 Å². The van der Waals surface area contributed by atoms with E-state index in [1.807, 2.05) is 0 Å². The first kappa shape index (κ1) is 14.3. The summed E-state index contributed by atoms with van der Waals surface area (Å²) in [4.78, 5) is 24.4. The zero-order valence-electron chi connectivity index (χ0n) is 12.0. The molecule has 1 amide bonds. The van der Waals surface area contributed by atoms with Crippen LogP contribution in [0.25, 0.3) is 0 Å². The van der Waals surface area contributed by atoms with Crippen molar-refractivity contribution in [3.05, 3.63) is 59.2 Å². The van der Waals surface area contributed by atoms with E-state index in [4.69, 9.17) is 4.74 Å². The molecule has 5 nitrogen and oxygen atoms in total. The zero-order valence-corrected chi connectivity index (χ0v) is 12.0. The van der Waals surface area contributed by atoms with Crippen LogP contribution in [-0.2, 0) is 0 Å². The van der Waals surface area contributed by atoms with Crippen LogP contribution in [-0.4, -0.2) is 23.9 Å². The van der Waals surface area contributed by atoms with Crippen molar-refractivity contribution >= 4 is 17.4 Å². The third kappa shape index (κ3) is 2.35. The van der Waals surface area contributed by atoms with Gasteiger partial charge < -0.3 is 15.2 Å². The highest BCUT2D eigenvalue weighted by Gasteiger charge is 2.30. The van der Waals surface area contributed by atoms with E-state index >= 15 is 0 Å². The van der Waals surface area contributed by atoms with E-state index in [0.29, 0.717) is 28.1 Å². The lowest BCUT2D eigenvalue weighted by Crippen LogP contribution is -2.15. The summed E-state index contributed by atoms with van der Waals surface area (Å²) in [5, 5.41) is 12.6. The number of methoxy groups -OCH3 is 1. The van der Waals surface area contributed by atoms with Crippen molar-refractivity contribution in [2.24, 2.45) is 0 Å². The average Bonchev–Trinajstić information content (AvgIpc) is 2.83. The Bertz CT molecular complexity index is 754. The molecule has 22 heavy (non-hydrogen) atoms. The molecule has 0 heterocycles. The number of Topliss-reactive ketones (excluding diaryl/α,β-unsaturated/α-hetero) is 1. The van der Waals surface area contributed by atoms with E-state index < -0.39 is 6.10 Å². The number of nitrogens with one attached hydrogen (secondary N) is 1. The number of para-hydroxylation sites is 1. The van der Waals surface area contributed by atoms with Gasteiger partial charge in [0.1, 0.15) is 5.75 Å². The van der Waals surface area contributed by atoms with E-state index in [1.54, 1.807) is 42.5 Å². The maximum atomic E-state index is 12.4. The van der Waals surface area contributed by atoms with Gasteiger partial charge in [-0.1, -0.05) is 24.3 Å². The number of hydrogen-bond acceptors (Lipinski definition) is 4. The lowest BCUT2D eigenvalue weighted by Gasteiger charge is -2.12. The van der Waals surface area contributed by atoms with Gasteiger partial charge in [-0.15, -0.1) is 0 Å². The number of benzene rings is 2. The van der Waals surface area contributed by atoms with E-state index in [2.05, 4.69) is 5.32 Å². The molecule has 0 bridgehead atoms. The molecule has 1 unspecified atom stereocenters. The standard InChI is InChI=1S/C17H15NO4/c1-22-15-8-3-2-5-11(15)17(21)18-12-7-4-6-10-13(19)9-14(20)16(10)12/h2-8,13,19H,9H2,1H3,(H,18,21). The number of ketones is 1. The van der Waals surface area contributed by atoms with Gasteiger partial charge in [0, 0.05) is 12.0 Å². The highest BCUT2D eigenvalue weighted by molar-refractivity contribution is 6.12. The molecule has 2 N–H and O–H groups in total. The number of carbonyl (C=O) groups excluding carboxylic acids is 2. The summed E-state index contributed by atoms with van der Waals surface area (Å²) in [6.07, 6.45) is -0.748. The number of aliphatic hydroxyl groups is 1. The fourth-order valence-corrected chi connectivity index (χ4v) is 2.67. The Labute approximate surface area is 127 Å². The molecule has 0 spiro atoms. The molecule has 1 aliphatic carbocycles. The van der Waals surface area contributed by atoms with Crippen LogP contribution in [0.3, 0.4) is 0 Å². The summed E-state index contributed by atoms with van der Waals surface area (Å²) in [5.74, 6) is -0.0718. The number of anilines is 1. The van der Waals surface area contributed by atoms with E-state index in [1.165, 1.54) is 7.11 Å². The summed E-state index contributed by atoms with van der Waals surface area (Å²) >= 11 is 0. The van der Waals surface area contributed by atoms with Crippen LogP contribution in [0.15, 0.2) is 42.5 Å². The average molecular weight is 297 g/mol. The maximum Gasteiger partial charge on any atom is 0.259 e. The van der Waals surface area contributed by atoms with Gasteiger partial charge in [-0.05, 0) is 23.8 Å². The van der Waals surface area contributed by atoms with Crippen LogP contribution in [0.2, 0.25) is 0 Å². The van der Waals surface area contributed by atoms with Gasteiger partial charge in [0.15, 0.2) is 5.78 Å². The largest absolute Gasteiger partial charge is 0.496 e. The number of hydrogen-bond donors (Lipinski definition) is 2. The van der Waals surface area contributed by atoms with Gasteiger partial charge in [-0.2, -0.15) is 0 Å². The molecule has 1 atom stereocenters. The molecule has 0 aliphatic heterocycles. The molecular weight excluding hydrogens is 282 g/mol.